The predicted octanol–water partition coefficient (Wildman–Crippen LogP) is 4.59. The van der Waals surface area contributed by atoms with Crippen molar-refractivity contribution in [2.24, 2.45) is 5.92 Å². The van der Waals surface area contributed by atoms with Crippen LogP contribution < -0.4 is 5.32 Å². The Morgan fingerprint density at radius 1 is 1.30 bits per heavy atom. The Labute approximate surface area is 127 Å². The van der Waals surface area contributed by atoms with E-state index >= 15 is 0 Å². The van der Waals surface area contributed by atoms with Crippen LogP contribution in [0.25, 0.3) is 0 Å². The summed E-state index contributed by atoms with van der Waals surface area (Å²) in [4.78, 5) is 0. The summed E-state index contributed by atoms with van der Waals surface area (Å²) in [6.45, 7) is 6.42. The average Bonchev–Trinajstić information content (AvgIpc) is 2.92. The standard InChI is InChI=1S/C17H26ClNO/c1-3-5-16(13-6-8-15(18)9-7-13)19-12-14-10-11-20-17(14)4-2/h6-9,14,16-17,19H,3-5,10-12H2,1-2H3. The fraction of sp³-hybridized carbons (Fsp3) is 0.647. The highest BCUT2D eigenvalue weighted by Crippen LogP contribution is 2.25. The van der Waals surface area contributed by atoms with E-state index in [1.54, 1.807) is 0 Å². The van der Waals surface area contributed by atoms with Crippen molar-refractivity contribution in [2.45, 2.75) is 51.7 Å². The van der Waals surface area contributed by atoms with Crippen molar-refractivity contribution in [1.82, 2.24) is 5.32 Å². The van der Waals surface area contributed by atoms with Crippen LogP contribution in [0, 0.1) is 5.92 Å². The van der Waals surface area contributed by atoms with Crippen LogP contribution in [0.4, 0.5) is 0 Å². The summed E-state index contributed by atoms with van der Waals surface area (Å²) in [5, 5.41) is 4.54. The van der Waals surface area contributed by atoms with Gasteiger partial charge in [0.1, 0.15) is 0 Å². The minimum Gasteiger partial charge on any atom is -0.378 e. The second-order valence-electron chi connectivity index (χ2n) is 5.67. The lowest BCUT2D eigenvalue weighted by Crippen LogP contribution is -2.31. The zero-order valence-electron chi connectivity index (χ0n) is 12.6. The fourth-order valence-electron chi connectivity index (χ4n) is 3.04. The van der Waals surface area contributed by atoms with Gasteiger partial charge in [0.2, 0.25) is 0 Å². The van der Waals surface area contributed by atoms with Crippen molar-refractivity contribution in [3.8, 4) is 0 Å². The molecule has 20 heavy (non-hydrogen) atoms. The van der Waals surface area contributed by atoms with E-state index in [9.17, 15) is 0 Å². The molecular weight excluding hydrogens is 270 g/mol. The van der Waals surface area contributed by atoms with Gasteiger partial charge in [-0.2, -0.15) is 0 Å². The lowest BCUT2D eigenvalue weighted by atomic mass is 9.97. The number of hydrogen-bond donors (Lipinski definition) is 1. The number of hydrogen-bond acceptors (Lipinski definition) is 2. The average molecular weight is 296 g/mol. The van der Waals surface area contributed by atoms with Gasteiger partial charge in [-0.1, -0.05) is 44.0 Å². The molecule has 0 amide bonds. The Kier molecular flexibility index (Phi) is 6.34. The van der Waals surface area contributed by atoms with Gasteiger partial charge in [0.15, 0.2) is 0 Å². The Morgan fingerprint density at radius 2 is 2.05 bits per heavy atom. The van der Waals surface area contributed by atoms with Crippen molar-refractivity contribution < 1.29 is 4.74 Å². The van der Waals surface area contributed by atoms with E-state index < -0.39 is 0 Å². The van der Waals surface area contributed by atoms with Gasteiger partial charge < -0.3 is 10.1 Å². The third-order valence-electron chi connectivity index (χ3n) is 4.22. The summed E-state index contributed by atoms with van der Waals surface area (Å²) in [7, 11) is 0. The van der Waals surface area contributed by atoms with Crippen LogP contribution in [0.2, 0.25) is 5.02 Å². The molecule has 3 atom stereocenters. The number of rotatable bonds is 7. The minimum absolute atomic E-state index is 0.426. The maximum atomic E-state index is 5.98. The number of benzene rings is 1. The second kappa shape index (κ2) is 8.02. The Balaban J connectivity index is 1.93. The highest BCUT2D eigenvalue weighted by atomic mass is 35.5. The summed E-state index contributed by atoms with van der Waals surface area (Å²) in [6.07, 6.45) is 5.08. The topological polar surface area (TPSA) is 21.3 Å². The SMILES string of the molecule is CCCC(NCC1CCOC1CC)c1ccc(Cl)cc1. The molecule has 1 saturated heterocycles. The first kappa shape index (κ1) is 15.8. The molecule has 0 radical (unpaired) electrons. The maximum absolute atomic E-state index is 5.98. The van der Waals surface area contributed by atoms with Crippen LogP contribution in [0.1, 0.15) is 51.1 Å². The van der Waals surface area contributed by atoms with Gasteiger partial charge >= 0.3 is 0 Å². The molecule has 3 unspecified atom stereocenters. The van der Waals surface area contributed by atoms with Gasteiger partial charge in [-0.25, -0.2) is 0 Å². The minimum atomic E-state index is 0.426. The second-order valence-corrected chi connectivity index (χ2v) is 6.10. The summed E-state index contributed by atoms with van der Waals surface area (Å²) in [5.41, 5.74) is 1.34. The number of nitrogens with one attached hydrogen (secondary N) is 1. The lowest BCUT2D eigenvalue weighted by Gasteiger charge is -2.23. The van der Waals surface area contributed by atoms with Gasteiger partial charge in [-0.3, -0.25) is 0 Å². The summed E-state index contributed by atoms with van der Waals surface area (Å²) >= 11 is 5.98. The third kappa shape index (κ3) is 4.21. The van der Waals surface area contributed by atoms with Crippen molar-refractivity contribution in [3.05, 3.63) is 34.9 Å². The van der Waals surface area contributed by atoms with E-state index in [0.717, 1.165) is 31.0 Å². The maximum Gasteiger partial charge on any atom is 0.0613 e. The van der Waals surface area contributed by atoms with Crippen LogP contribution in [0.5, 0.6) is 0 Å². The Bertz CT molecular complexity index is 392. The zero-order chi connectivity index (χ0) is 14.4. The quantitative estimate of drug-likeness (QED) is 0.794. The summed E-state index contributed by atoms with van der Waals surface area (Å²) in [6, 6.07) is 8.66. The van der Waals surface area contributed by atoms with Crippen LogP contribution in [0.15, 0.2) is 24.3 Å². The van der Waals surface area contributed by atoms with Gasteiger partial charge in [-0.05, 0) is 42.9 Å². The molecule has 0 bridgehead atoms. The molecule has 3 heteroatoms. The molecular formula is C17H26ClNO. The molecule has 0 saturated carbocycles. The van der Waals surface area contributed by atoms with Crippen LogP contribution in [0.3, 0.4) is 0 Å². The van der Waals surface area contributed by atoms with E-state index in [1.165, 1.54) is 18.4 Å². The number of halogens is 1. The molecule has 2 nitrogen and oxygen atoms in total. The normalized spacial score (nSPS) is 23.9. The first-order valence-corrected chi connectivity index (χ1v) is 8.22. The number of ether oxygens (including phenoxy) is 1. The highest BCUT2D eigenvalue weighted by molar-refractivity contribution is 6.30. The third-order valence-corrected chi connectivity index (χ3v) is 4.48. The van der Waals surface area contributed by atoms with E-state index in [-0.39, 0.29) is 0 Å². The van der Waals surface area contributed by atoms with Gasteiger partial charge in [-0.15, -0.1) is 0 Å². The first-order valence-electron chi connectivity index (χ1n) is 7.85. The van der Waals surface area contributed by atoms with Gasteiger partial charge in [0.25, 0.3) is 0 Å². The molecule has 1 heterocycles. The lowest BCUT2D eigenvalue weighted by molar-refractivity contribution is 0.0865. The van der Waals surface area contributed by atoms with Gasteiger partial charge in [0.05, 0.1) is 6.10 Å². The summed E-state index contributed by atoms with van der Waals surface area (Å²) in [5.74, 6) is 0.659. The molecule has 1 aromatic rings. The van der Waals surface area contributed by atoms with Crippen molar-refractivity contribution in [2.75, 3.05) is 13.2 Å². The van der Waals surface area contributed by atoms with E-state index in [4.69, 9.17) is 16.3 Å². The van der Waals surface area contributed by atoms with Crippen LogP contribution in [-0.4, -0.2) is 19.3 Å². The van der Waals surface area contributed by atoms with E-state index in [2.05, 4.69) is 31.3 Å². The molecule has 2 rings (SSSR count). The molecule has 1 aliphatic rings. The Hall–Kier alpha value is -0.570. The predicted molar refractivity (Wildman–Crippen MR) is 85.2 cm³/mol. The molecule has 1 aliphatic heterocycles. The molecule has 112 valence electrons. The van der Waals surface area contributed by atoms with Crippen molar-refractivity contribution >= 4 is 11.6 Å². The highest BCUT2D eigenvalue weighted by Gasteiger charge is 2.27. The fourth-order valence-corrected chi connectivity index (χ4v) is 3.17. The Morgan fingerprint density at radius 3 is 2.70 bits per heavy atom. The molecule has 1 aromatic carbocycles. The molecule has 0 aromatic heterocycles. The first-order chi connectivity index (χ1) is 9.74. The van der Waals surface area contributed by atoms with E-state index in [1.807, 2.05) is 12.1 Å². The zero-order valence-corrected chi connectivity index (χ0v) is 13.3. The smallest absolute Gasteiger partial charge is 0.0613 e. The summed E-state index contributed by atoms with van der Waals surface area (Å²) < 4.78 is 5.77. The molecule has 0 aliphatic carbocycles. The monoisotopic (exact) mass is 295 g/mol. The van der Waals surface area contributed by atoms with E-state index in [0.29, 0.717) is 18.1 Å². The molecule has 1 fully saturated rings. The molecule has 1 N–H and O–H groups in total. The van der Waals surface area contributed by atoms with Crippen molar-refractivity contribution in [1.29, 1.82) is 0 Å². The molecule has 0 spiro atoms. The van der Waals surface area contributed by atoms with Gasteiger partial charge in [0, 0.05) is 24.2 Å². The van der Waals surface area contributed by atoms with Crippen LogP contribution in [-0.2, 0) is 4.74 Å². The largest absolute Gasteiger partial charge is 0.378 e. The van der Waals surface area contributed by atoms with Crippen LogP contribution >= 0.6 is 11.6 Å². The van der Waals surface area contributed by atoms with Crippen molar-refractivity contribution in [3.63, 3.8) is 0 Å².